The number of aromatic amines is 1. The van der Waals surface area contributed by atoms with Gasteiger partial charge >= 0.3 is 5.97 Å². The van der Waals surface area contributed by atoms with Crippen LogP contribution in [-0.4, -0.2) is 27.5 Å². The zero-order chi connectivity index (χ0) is 13.3. The molecule has 0 spiro atoms. The Kier molecular flexibility index (Phi) is 2.94. The van der Waals surface area contributed by atoms with E-state index in [0.29, 0.717) is 23.9 Å². The zero-order valence-electron chi connectivity index (χ0n) is 10.7. The molecule has 2 heterocycles. The van der Waals surface area contributed by atoms with Gasteiger partial charge in [-0.15, -0.1) is 0 Å². The number of nitrogens with one attached hydrogen (secondary N) is 1. The van der Waals surface area contributed by atoms with E-state index < -0.39 is 5.41 Å². The minimum atomic E-state index is -0.842. The molecule has 18 heavy (non-hydrogen) atoms. The highest BCUT2D eigenvalue weighted by Gasteiger charge is 2.34. The van der Waals surface area contributed by atoms with Crippen LogP contribution in [0.4, 0.5) is 5.82 Å². The van der Waals surface area contributed by atoms with Crippen LogP contribution in [0.1, 0.15) is 26.6 Å². The first-order chi connectivity index (χ1) is 8.45. The van der Waals surface area contributed by atoms with Crippen LogP contribution in [0.15, 0.2) is 12.1 Å². The van der Waals surface area contributed by atoms with Crippen LogP contribution in [0.5, 0.6) is 0 Å². The van der Waals surface area contributed by atoms with Crippen molar-refractivity contribution in [1.29, 1.82) is 0 Å². The molecule has 0 unspecified atom stereocenters. The number of hydrogen-bond donors (Lipinski definition) is 2. The second-order valence-corrected chi connectivity index (χ2v) is 4.54. The summed E-state index contributed by atoms with van der Waals surface area (Å²) in [4.78, 5) is 23.4. The highest BCUT2D eigenvalue weighted by atomic mass is 16.5. The Morgan fingerprint density at radius 3 is 2.83 bits per heavy atom. The lowest BCUT2D eigenvalue weighted by molar-refractivity contribution is -0.149. The Morgan fingerprint density at radius 1 is 1.44 bits per heavy atom. The second kappa shape index (κ2) is 4.29. The molecular weight excluding hydrogens is 232 g/mol. The van der Waals surface area contributed by atoms with Crippen molar-refractivity contribution in [3.8, 4) is 0 Å². The SMILES string of the molecule is CCOC(=O)C(C)(C)c1nc2nc(N)ccc2[nH]1. The molecule has 0 saturated heterocycles. The van der Waals surface area contributed by atoms with Crippen LogP contribution in [0.2, 0.25) is 0 Å². The Balaban J connectivity index is 2.44. The van der Waals surface area contributed by atoms with Crippen molar-refractivity contribution in [2.45, 2.75) is 26.2 Å². The van der Waals surface area contributed by atoms with Crippen molar-refractivity contribution < 1.29 is 9.53 Å². The predicted molar refractivity (Wildman–Crippen MR) is 68.0 cm³/mol. The summed E-state index contributed by atoms with van der Waals surface area (Å²) >= 11 is 0. The number of ether oxygens (including phenoxy) is 1. The summed E-state index contributed by atoms with van der Waals surface area (Å²) in [5.74, 6) is 0.598. The molecule has 0 aromatic carbocycles. The highest BCUT2D eigenvalue weighted by Crippen LogP contribution is 2.24. The number of anilines is 1. The Bertz CT molecular complexity index is 589. The van der Waals surface area contributed by atoms with Crippen LogP contribution < -0.4 is 5.73 Å². The number of carbonyl (C=O) groups is 1. The van der Waals surface area contributed by atoms with Crippen molar-refractivity contribution in [1.82, 2.24) is 15.0 Å². The van der Waals surface area contributed by atoms with E-state index in [2.05, 4.69) is 15.0 Å². The lowest BCUT2D eigenvalue weighted by atomic mass is 9.93. The number of nitrogens with two attached hydrogens (primary N) is 1. The van der Waals surface area contributed by atoms with Crippen LogP contribution in [-0.2, 0) is 14.9 Å². The fourth-order valence-electron chi connectivity index (χ4n) is 1.61. The molecule has 0 saturated carbocycles. The number of fused-ring (bicyclic) bond motifs is 1. The third-order valence-electron chi connectivity index (χ3n) is 2.75. The van der Waals surface area contributed by atoms with Gasteiger partial charge in [0.15, 0.2) is 5.65 Å². The summed E-state index contributed by atoms with van der Waals surface area (Å²) in [7, 11) is 0. The van der Waals surface area contributed by atoms with Gasteiger partial charge in [-0.1, -0.05) is 0 Å². The number of nitrogens with zero attached hydrogens (tertiary/aromatic N) is 2. The lowest BCUT2D eigenvalue weighted by Crippen LogP contribution is -2.32. The van der Waals surface area contributed by atoms with Crippen LogP contribution in [0.25, 0.3) is 11.2 Å². The van der Waals surface area contributed by atoms with Crippen molar-refractivity contribution >= 4 is 23.0 Å². The van der Waals surface area contributed by atoms with Gasteiger partial charge in [-0.2, -0.15) is 0 Å². The summed E-state index contributed by atoms with van der Waals surface area (Å²) in [6.45, 7) is 5.63. The Hall–Kier alpha value is -2.11. The number of hydrogen-bond acceptors (Lipinski definition) is 5. The molecule has 0 atom stereocenters. The predicted octanol–water partition coefficient (Wildman–Crippen LogP) is 1.38. The summed E-state index contributed by atoms with van der Waals surface area (Å²) in [5.41, 5.74) is 6.00. The van der Waals surface area contributed by atoms with Gasteiger partial charge in [0.25, 0.3) is 0 Å². The number of rotatable bonds is 3. The van der Waals surface area contributed by atoms with E-state index in [4.69, 9.17) is 10.5 Å². The van der Waals surface area contributed by atoms with Gasteiger partial charge in [-0.05, 0) is 32.9 Å². The normalized spacial score (nSPS) is 11.7. The average Bonchev–Trinajstić information content (AvgIpc) is 2.72. The summed E-state index contributed by atoms with van der Waals surface area (Å²) in [5, 5.41) is 0. The molecule has 2 rings (SSSR count). The molecule has 3 N–H and O–H groups in total. The van der Waals surface area contributed by atoms with Crippen molar-refractivity contribution in [3.63, 3.8) is 0 Å². The van der Waals surface area contributed by atoms with Crippen LogP contribution >= 0.6 is 0 Å². The monoisotopic (exact) mass is 248 g/mol. The molecule has 96 valence electrons. The van der Waals surface area contributed by atoms with Crippen LogP contribution in [0, 0.1) is 0 Å². The molecule has 0 radical (unpaired) electrons. The van der Waals surface area contributed by atoms with E-state index >= 15 is 0 Å². The molecule has 2 aromatic heterocycles. The number of esters is 1. The number of nitrogen functional groups attached to an aromatic ring is 1. The van der Waals surface area contributed by atoms with Gasteiger partial charge in [0, 0.05) is 0 Å². The number of imidazole rings is 1. The van der Waals surface area contributed by atoms with E-state index in [0.717, 1.165) is 5.52 Å². The highest BCUT2D eigenvalue weighted by molar-refractivity contribution is 5.83. The third-order valence-corrected chi connectivity index (χ3v) is 2.75. The number of aromatic nitrogens is 3. The van der Waals surface area contributed by atoms with Crippen molar-refractivity contribution in [2.75, 3.05) is 12.3 Å². The first kappa shape index (κ1) is 12.3. The number of carbonyl (C=O) groups excluding carboxylic acids is 1. The van der Waals surface area contributed by atoms with Crippen molar-refractivity contribution in [3.05, 3.63) is 18.0 Å². The molecule has 0 aliphatic rings. The Labute approximate surface area is 105 Å². The summed E-state index contributed by atoms with van der Waals surface area (Å²) < 4.78 is 5.04. The zero-order valence-corrected chi connectivity index (χ0v) is 10.7. The molecule has 0 bridgehead atoms. The largest absolute Gasteiger partial charge is 0.465 e. The minimum Gasteiger partial charge on any atom is -0.465 e. The molecular formula is C12H16N4O2. The standard InChI is InChI=1S/C12H16N4O2/c1-4-18-11(17)12(2,3)10-14-7-5-6-8(13)15-9(7)16-10/h5-6H,4H2,1-3H3,(H3,13,14,15,16). The first-order valence-corrected chi connectivity index (χ1v) is 5.75. The lowest BCUT2D eigenvalue weighted by Gasteiger charge is -2.19. The van der Waals surface area contributed by atoms with Crippen LogP contribution in [0.3, 0.4) is 0 Å². The molecule has 0 aliphatic heterocycles. The summed E-state index contributed by atoms with van der Waals surface area (Å²) in [6, 6.07) is 3.47. The number of H-pyrrole nitrogens is 1. The van der Waals surface area contributed by atoms with Gasteiger partial charge < -0.3 is 15.5 Å². The van der Waals surface area contributed by atoms with E-state index in [1.165, 1.54) is 0 Å². The van der Waals surface area contributed by atoms with Gasteiger partial charge in [0.2, 0.25) is 0 Å². The maximum absolute atomic E-state index is 11.9. The fraction of sp³-hybridized carbons (Fsp3) is 0.417. The quantitative estimate of drug-likeness (QED) is 0.800. The minimum absolute atomic E-state index is 0.322. The molecule has 6 nitrogen and oxygen atoms in total. The first-order valence-electron chi connectivity index (χ1n) is 5.75. The summed E-state index contributed by atoms with van der Waals surface area (Å²) in [6.07, 6.45) is 0. The second-order valence-electron chi connectivity index (χ2n) is 4.54. The topological polar surface area (TPSA) is 93.9 Å². The van der Waals surface area contributed by atoms with Gasteiger partial charge in [0.05, 0.1) is 12.1 Å². The maximum atomic E-state index is 11.9. The fourth-order valence-corrected chi connectivity index (χ4v) is 1.61. The maximum Gasteiger partial charge on any atom is 0.319 e. The van der Waals surface area contributed by atoms with E-state index in [1.54, 1.807) is 32.9 Å². The number of pyridine rings is 1. The molecule has 2 aromatic rings. The van der Waals surface area contributed by atoms with Gasteiger partial charge in [0.1, 0.15) is 17.1 Å². The smallest absolute Gasteiger partial charge is 0.319 e. The average molecular weight is 248 g/mol. The van der Waals surface area contributed by atoms with E-state index in [9.17, 15) is 4.79 Å². The van der Waals surface area contributed by atoms with E-state index in [-0.39, 0.29) is 5.97 Å². The third kappa shape index (κ3) is 2.01. The van der Waals surface area contributed by atoms with Gasteiger partial charge in [-0.3, -0.25) is 4.79 Å². The molecule has 0 aliphatic carbocycles. The van der Waals surface area contributed by atoms with E-state index in [1.807, 2.05) is 0 Å². The molecule has 6 heteroatoms. The van der Waals surface area contributed by atoms with Crippen molar-refractivity contribution in [2.24, 2.45) is 0 Å². The molecule has 0 fully saturated rings. The Morgan fingerprint density at radius 2 is 2.17 bits per heavy atom. The van der Waals surface area contributed by atoms with Gasteiger partial charge in [-0.25, -0.2) is 9.97 Å². The molecule has 0 amide bonds.